The summed E-state index contributed by atoms with van der Waals surface area (Å²) in [4.78, 5) is 14.5. The number of aromatic hydroxyl groups is 1. The second kappa shape index (κ2) is 7.69. The van der Waals surface area contributed by atoms with Crippen molar-refractivity contribution in [3.05, 3.63) is 67.5 Å². The van der Waals surface area contributed by atoms with E-state index >= 15 is 0 Å². The first kappa shape index (κ1) is 18.1. The van der Waals surface area contributed by atoms with Crippen LogP contribution in [-0.4, -0.2) is 21.2 Å². The molecule has 0 atom stereocenters. The van der Waals surface area contributed by atoms with Crippen LogP contribution in [-0.2, 0) is 0 Å². The molecule has 0 fully saturated rings. The lowest BCUT2D eigenvalue weighted by Gasteiger charge is -2.00. The topological polar surface area (TPSA) is 101 Å². The van der Waals surface area contributed by atoms with Gasteiger partial charge in [-0.3, -0.25) is 15.5 Å². The average molecular weight is 409 g/mol. The van der Waals surface area contributed by atoms with Gasteiger partial charge in [-0.15, -0.1) is 11.3 Å². The van der Waals surface area contributed by atoms with Crippen LogP contribution >= 0.6 is 34.5 Å². The Kier molecular flexibility index (Phi) is 5.36. The summed E-state index contributed by atoms with van der Waals surface area (Å²) in [6, 6.07) is 9.12. The number of nitrogens with zero attached hydrogens (tertiary/aromatic N) is 3. The number of aromatic nitrogens is 1. The van der Waals surface area contributed by atoms with Gasteiger partial charge in [0.25, 0.3) is 0 Å². The fourth-order valence-electron chi connectivity index (χ4n) is 2.08. The van der Waals surface area contributed by atoms with E-state index in [4.69, 9.17) is 23.2 Å². The molecule has 0 unspecified atom stereocenters. The Morgan fingerprint density at radius 3 is 2.81 bits per heavy atom. The van der Waals surface area contributed by atoms with Crippen molar-refractivity contribution in [2.45, 2.75) is 0 Å². The summed E-state index contributed by atoms with van der Waals surface area (Å²) in [6.45, 7) is 0. The molecule has 1 aromatic heterocycles. The zero-order valence-electron chi connectivity index (χ0n) is 12.9. The van der Waals surface area contributed by atoms with E-state index < -0.39 is 10.7 Å². The lowest BCUT2D eigenvalue weighted by molar-refractivity contribution is -0.385. The number of phenols is 1. The van der Waals surface area contributed by atoms with Crippen LogP contribution < -0.4 is 5.43 Å². The number of benzene rings is 2. The van der Waals surface area contributed by atoms with Crippen LogP contribution in [0.25, 0.3) is 11.3 Å². The highest BCUT2D eigenvalue weighted by Crippen LogP contribution is 2.32. The van der Waals surface area contributed by atoms with Crippen molar-refractivity contribution in [3.8, 4) is 17.0 Å². The van der Waals surface area contributed by atoms with Crippen molar-refractivity contribution in [2.75, 3.05) is 5.43 Å². The van der Waals surface area contributed by atoms with Gasteiger partial charge in [0.1, 0.15) is 0 Å². The van der Waals surface area contributed by atoms with E-state index in [0.717, 1.165) is 5.56 Å². The number of anilines is 1. The largest absolute Gasteiger partial charge is 0.502 e. The molecule has 0 aliphatic rings. The highest BCUT2D eigenvalue weighted by Gasteiger charge is 2.13. The number of thiazole rings is 1. The van der Waals surface area contributed by atoms with E-state index in [2.05, 4.69) is 15.5 Å². The minimum absolute atomic E-state index is 0.386. The molecule has 0 bridgehead atoms. The highest BCUT2D eigenvalue weighted by molar-refractivity contribution is 7.14. The average Bonchev–Trinajstić information content (AvgIpc) is 3.04. The van der Waals surface area contributed by atoms with Crippen LogP contribution in [0.4, 0.5) is 10.8 Å². The van der Waals surface area contributed by atoms with Crippen molar-refractivity contribution < 1.29 is 10.0 Å². The Hall–Kier alpha value is -2.68. The third-order valence-electron chi connectivity index (χ3n) is 3.28. The molecule has 0 saturated carbocycles. The Labute approximate surface area is 161 Å². The maximum Gasteiger partial charge on any atom is 0.311 e. The molecule has 0 amide bonds. The summed E-state index contributed by atoms with van der Waals surface area (Å²) >= 11 is 13.4. The van der Waals surface area contributed by atoms with Crippen LogP contribution in [0, 0.1) is 10.1 Å². The molecule has 0 aliphatic heterocycles. The van der Waals surface area contributed by atoms with Gasteiger partial charge >= 0.3 is 5.69 Å². The van der Waals surface area contributed by atoms with Crippen molar-refractivity contribution in [3.63, 3.8) is 0 Å². The lowest BCUT2D eigenvalue weighted by Crippen LogP contribution is -1.93. The summed E-state index contributed by atoms with van der Waals surface area (Å²) in [6.07, 6.45) is 1.39. The highest BCUT2D eigenvalue weighted by atomic mass is 35.5. The Bertz CT molecular complexity index is 1010. The summed E-state index contributed by atoms with van der Waals surface area (Å²) in [5.74, 6) is -0.399. The Balaban J connectivity index is 1.73. The second-order valence-corrected chi connectivity index (χ2v) is 6.74. The van der Waals surface area contributed by atoms with Gasteiger partial charge in [-0.25, -0.2) is 4.98 Å². The van der Waals surface area contributed by atoms with E-state index in [0.29, 0.717) is 26.4 Å². The molecule has 2 aromatic carbocycles. The maximum atomic E-state index is 10.8. The van der Waals surface area contributed by atoms with Gasteiger partial charge in [-0.2, -0.15) is 5.10 Å². The third kappa shape index (κ3) is 4.10. The molecule has 26 heavy (non-hydrogen) atoms. The molecule has 0 spiro atoms. The fourth-order valence-corrected chi connectivity index (χ4v) is 3.24. The number of hydrazone groups is 1. The third-order valence-corrected chi connectivity index (χ3v) is 4.58. The molecular formula is C16H10Cl2N4O3S. The zero-order chi connectivity index (χ0) is 18.7. The van der Waals surface area contributed by atoms with E-state index in [1.807, 2.05) is 5.38 Å². The predicted octanol–water partition coefficient (Wildman–Crippen LogP) is 5.18. The van der Waals surface area contributed by atoms with Crippen LogP contribution in [0.2, 0.25) is 10.0 Å². The molecule has 0 aliphatic carbocycles. The summed E-state index contributed by atoms with van der Waals surface area (Å²) in [5.41, 5.74) is 4.25. The first-order valence-electron chi connectivity index (χ1n) is 7.11. The number of phenolic OH excluding ortho intramolecular Hbond substituents is 1. The molecule has 1 heterocycles. The van der Waals surface area contributed by atoms with E-state index in [1.54, 1.807) is 18.2 Å². The molecule has 3 rings (SSSR count). The smallest absolute Gasteiger partial charge is 0.311 e. The molecule has 10 heteroatoms. The van der Waals surface area contributed by atoms with Gasteiger partial charge in [-0.1, -0.05) is 23.2 Å². The second-order valence-electron chi connectivity index (χ2n) is 5.04. The number of nitro benzene ring substituents is 1. The van der Waals surface area contributed by atoms with Crippen LogP contribution in [0.3, 0.4) is 0 Å². The minimum atomic E-state index is -0.664. The van der Waals surface area contributed by atoms with Crippen molar-refractivity contribution in [2.24, 2.45) is 5.10 Å². The molecule has 0 radical (unpaired) electrons. The molecule has 0 saturated heterocycles. The van der Waals surface area contributed by atoms with E-state index in [-0.39, 0.29) is 5.69 Å². The molecule has 7 nitrogen and oxygen atoms in total. The predicted molar refractivity (Wildman–Crippen MR) is 104 cm³/mol. The number of rotatable bonds is 5. The quantitative estimate of drug-likeness (QED) is 0.344. The zero-order valence-corrected chi connectivity index (χ0v) is 15.2. The monoisotopic (exact) mass is 408 g/mol. The Morgan fingerprint density at radius 1 is 1.27 bits per heavy atom. The van der Waals surface area contributed by atoms with Crippen LogP contribution in [0.1, 0.15) is 5.56 Å². The molecule has 3 aromatic rings. The van der Waals surface area contributed by atoms with Crippen LogP contribution in [0.5, 0.6) is 5.75 Å². The fraction of sp³-hybridized carbons (Fsp3) is 0. The number of halogens is 2. The summed E-state index contributed by atoms with van der Waals surface area (Å²) < 4.78 is 0. The van der Waals surface area contributed by atoms with Crippen molar-refractivity contribution >= 4 is 51.6 Å². The first-order chi connectivity index (χ1) is 12.4. The van der Waals surface area contributed by atoms with Gasteiger partial charge in [0, 0.05) is 27.6 Å². The summed E-state index contributed by atoms with van der Waals surface area (Å²) in [5, 5.41) is 27.6. The SMILES string of the molecule is O=[N+]([O-])c1cc(/C=N/Nc2nc(-c3ccc(Cl)cc3Cl)cs2)ccc1O. The van der Waals surface area contributed by atoms with Gasteiger partial charge < -0.3 is 5.11 Å². The van der Waals surface area contributed by atoms with Gasteiger partial charge in [0.2, 0.25) is 5.13 Å². The standard InChI is InChI=1S/C16H10Cl2N4O3S/c17-10-2-3-11(12(18)6-10)13-8-26-16(20-13)21-19-7-9-1-4-15(23)14(5-9)22(24)25/h1-8,23H,(H,20,21)/b19-7+. The lowest BCUT2D eigenvalue weighted by atomic mass is 10.2. The molecule has 132 valence electrons. The summed E-state index contributed by atoms with van der Waals surface area (Å²) in [7, 11) is 0. The number of hydrogen-bond donors (Lipinski definition) is 2. The van der Waals surface area contributed by atoms with Crippen molar-refractivity contribution in [1.82, 2.24) is 4.98 Å². The number of hydrogen-bond acceptors (Lipinski definition) is 7. The number of nitrogens with one attached hydrogen (secondary N) is 1. The normalized spacial score (nSPS) is 11.0. The van der Waals surface area contributed by atoms with Crippen molar-refractivity contribution in [1.29, 1.82) is 0 Å². The van der Waals surface area contributed by atoms with Gasteiger partial charge in [0.05, 0.1) is 21.9 Å². The Morgan fingerprint density at radius 2 is 2.08 bits per heavy atom. The maximum absolute atomic E-state index is 10.8. The molecule has 2 N–H and O–H groups in total. The minimum Gasteiger partial charge on any atom is -0.502 e. The van der Waals surface area contributed by atoms with Gasteiger partial charge in [0.15, 0.2) is 5.75 Å². The molecular weight excluding hydrogens is 399 g/mol. The van der Waals surface area contributed by atoms with Crippen LogP contribution in [0.15, 0.2) is 46.9 Å². The van der Waals surface area contributed by atoms with Gasteiger partial charge in [-0.05, 0) is 30.3 Å². The number of nitro groups is 1. The van der Waals surface area contributed by atoms with E-state index in [1.165, 1.54) is 35.8 Å². The van der Waals surface area contributed by atoms with E-state index in [9.17, 15) is 15.2 Å². The first-order valence-corrected chi connectivity index (χ1v) is 8.75.